The van der Waals surface area contributed by atoms with Gasteiger partial charge >= 0.3 is 0 Å². The summed E-state index contributed by atoms with van der Waals surface area (Å²) in [6.45, 7) is 6.61. The lowest BCUT2D eigenvalue weighted by Gasteiger charge is -2.11. The van der Waals surface area contributed by atoms with Gasteiger partial charge in [0.05, 0.1) is 17.3 Å². The van der Waals surface area contributed by atoms with E-state index in [0.29, 0.717) is 16.7 Å². The van der Waals surface area contributed by atoms with E-state index in [9.17, 15) is 0 Å². The molecule has 0 atom stereocenters. The van der Waals surface area contributed by atoms with Gasteiger partial charge in [-0.3, -0.25) is 5.10 Å². The van der Waals surface area contributed by atoms with E-state index in [2.05, 4.69) is 10.2 Å². The molecule has 0 bridgehead atoms. The van der Waals surface area contributed by atoms with E-state index >= 15 is 0 Å². The first-order valence-electron chi connectivity index (χ1n) is 6.58. The van der Waals surface area contributed by atoms with Crippen LogP contribution in [0.1, 0.15) is 28.9 Å². The highest BCUT2D eigenvalue weighted by Gasteiger charge is 2.09. The van der Waals surface area contributed by atoms with Crippen LogP contribution in [0.15, 0.2) is 12.1 Å². The molecule has 0 spiro atoms. The van der Waals surface area contributed by atoms with Crippen molar-refractivity contribution in [3.63, 3.8) is 0 Å². The van der Waals surface area contributed by atoms with Crippen LogP contribution in [0.5, 0.6) is 5.75 Å². The third-order valence-electron chi connectivity index (χ3n) is 3.29. The van der Waals surface area contributed by atoms with Crippen molar-refractivity contribution in [2.75, 3.05) is 6.61 Å². The molecule has 0 fully saturated rings. The Morgan fingerprint density at radius 1 is 1.20 bits per heavy atom. The maximum absolute atomic E-state index is 6.14. The summed E-state index contributed by atoms with van der Waals surface area (Å²) in [7, 11) is 0. The molecule has 3 nitrogen and oxygen atoms in total. The lowest BCUT2D eigenvalue weighted by Crippen LogP contribution is -2.02. The summed E-state index contributed by atoms with van der Waals surface area (Å²) in [5.74, 6) is 0.719. The van der Waals surface area contributed by atoms with Gasteiger partial charge in [0.15, 0.2) is 0 Å². The minimum atomic E-state index is 0.561. The number of hydrogen-bond acceptors (Lipinski definition) is 2. The Hall–Kier alpha value is -1.19. The van der Waals surface area contributed by atoms with Crippen LogP contribution in [0.2, 0.25) is 10.0 Å². The minimum absolute atomic E-state index is 0.561. The van der Waals surface area contributed by atoms with Crippen molar-refractivity contribution in [1.82, 2.24) is 10.2 Å². The van der Waals surface area contributed by atoms with E-state index in [0.717, 1.165) is 35.5 Å². The van der Waals surface area contributed by atoms with Crippen LogP contribution in [0.3, 0.4) is 0 Å². The number of nitrogens with one attached hydrogen (secondary N) is 1. The minimum Gasteiger partial charge on any atom is -0.492 e. The van der Waals surface area contributed by atoms with Crippen LogP contribution in [0, 0.1) is 20.8 Å². The Balaban J connectivity index is 1.91. The number of ether oxygens (including phenoxy) is 1. The van der Waals surface area contributed by atoms with Gasteiger partial charge in [-0.15, -0.1) is 0 Å². The SMILES string of the molecule is Cc1cc(Cl)cc(Cl)c1OCCCc1c(C)n[nH]c1C. The fourth-order valence-electron chi connectivity index (χ4n) is 2.24. The zero-order chi connectivity index (χ0) is 14.7. The molecule has 0 aliphatic carbocycles. The molecule has 2 rings (SSSR count). The Morgan fingerprint density at radius 3 is 2.55 bits per heavy atom. The van der Waals surface area contributed by atoms with E-state index < -0.39 is 0 Å². The molecule has 2 aromatic rings. The van der Waals surface area contributed by atoms with Crippen molar-refractivity contribution < 1.29 is 4.74 Å². The van der Waals surface area contributed by atoms with Gasteiger partial charge in [0.1, 0.15) is 5.75 Å². The molecule has 20 heavy (non-hydrogen) atoms. The third kappa shape index (κ3) is 3.47. The summed E-state index contributed by atoms with van der Waals surface area (Å²) in [6, 6.07) is 3.56. The predicted molar refractivity (Wildman–Crippen MR) is 83.1 cm³/mol. The molecule has 0 amide bonds. The smallest absolute Gasteiger partial charge is 0.140 e. The van der Waals surface area contributed by atoms with Crippen molar-refractivity contribution >= 4 is 23.2 Å². The largest absolute Gasteiger partial charge is 0.492 e. The van der Waals surface area contributed by atoms with Gasteiger partial charge < -0.3 is 4.74 Å². The van der Waals surface area contributed by atoms with Crippen molar-refractivity contribution in [1.29, 1.82) is 0 Å². The molecule has 5 heteroatoms. The van der Waals surface area contributed by atoms with Crippen molar-refractivity contribution in [3.8, 4) is 5.75 Å². The van der Waals surface area contributed by atoms with Crippen molar-refractivity contribution in [3.05, 3.63) is 44.7 Å². The summed E-state index contributed by atoms with van der Waals surface area (Å²) in [5, 5.41) is 8.37. The first-order chi connectivity index (χ1) is 9.49. The first kappa shape index (κ1) is 15.2. The average molecular weight is 313 g/mol. The fraction of sp³-hybridized carbons (Fsp3) is 0.400. The van der Waals surface area contributed by atoms with Gasteiger partial charge in [0.25, 0.3) is 0 Å². The Labute approximate surface area is 129 Å². The average Bonchev–Trinajstić information content (AvgIpc) is 2.67. The van der Waals surface area contributed by atoms with E-state index in [1.807, 2.05) is 26.8 Å². The summed E-state index contributed by atoms with van der Waals surface area (Å²) in [6.07, 6.45) is 1.86. The highest BCUT2D eigenvalue weighted by Crippen LogP contribution is 2.31. The Morgan fingerprint density at radius 2 is 1.95 bits per heavy atom. The second-order valence-electron chi connectivity index (χ2n) is 4.90. The second-order valence-corrected chi connectivity index (χ2v) is 5.74. The second kappa shape index (κ2) is 6.51. The predicted octanol–water partition coefficient (Wildman–Crippen LogP) is 4.65. The monoisotopic (exact) mass is 312 g/mol. The molecular formula is C15H18Cl2N2O. The number of H-pyrrole nitrogens is 1. The van der Waals surface area contributed by atoms with Gasteiger partial charge in [0, 0.05) is 10.7 Å². The molecule has 1 aromatic carbocycles. The molecule has 0 aliphatic rings. The summed E-state index contributed by atoms with van der Waals surface area (Å²) in [5.41, 5.74) is 4.41. The van der Waals surface area contributed by atoms with Crippen molar-refractivity contribution in [2.45, 2.75) is 33.6 Å². The maximum Gasteiger partial charge on any atom is 0.140 e. The van der Waals surface area contributed by atoms with E-state index in [1.165, 1.54) is 5.56 Å². The van der Waals surface area contributed by atoms with Crippen LogP contribution in [-0.2, 0) is 6.42 Å². The number of halogens is 2. The molecule has 108 valence electrons. The van der Waals surface area contributed by atoms with Crippen LogP contribution in [0.25, 0.3) is 0 Å². The molecule has 1 heterocycles. The summed E-state index contributed by atoms with van der Waals surface area (Å²) >= 11 is 12.1. The zero-order valence-corrected chi connectivity index (χ0v) is 13.4. The number of nitrogens with zero attached hydrogens (tertiary/aromatic N) is 1. The lowest BCUT2D eigenvalue weighted by atomic mass is 10.1. The molecule has 1 N–H and O–H groups in total. The molecular weight excluding hydrogens is 295 g/mol. The van der Waals surface area contributed by atoms with Crippen LogP contribution < -0.4 is 4.74 Å². The highest BCUT2D eigenvalue weighted by atomic mass is 35.5. The molecule has 0 aliphatic heterocycles. The Kier molecular flexibility index (Phi) is 4.95. The molecule has 1 aromatic heterocycles. The van der Waals surface area contributed by atoms with Crippen LogP contribution >= 0.6 is 23.2 Å². The van der Waals surface area contributed by atoms with Gasteiger partial charge in [0.2, 0.25) is 0 Å². The number of aromatic amines is 1. The molecule has 0 unspecified atom stereocenters. The molecule has 0 saturated carbocycles. The first-order valence-corrected chi connectivity index (χ1v) is 7.33. The summed E-state index contributed by atoms with van der Waals surface area (Å²) < 4.78 is 5.78. The van der Waals surface area contributed by atoms with Crippen molar-refractivity contribution in [2.24, 2.45) is 0 Å². The number of hydrogen-bond donors (Lipinski definition) is 1. The summed E-state index contributed by atoms with van der Waals surface area (Å²) in [4.78, 5) is 0. The quantitative estimate of drug-likeness (QED) is 0.816. The topological polar surface area (TPSA) is 37.9 Å². The van der Waals surface area contributed by atoms with E-state index in [4.69, 9.17) is 27.9 Å². The Bertz CT molecular complexity index is 565. The van der Waals surface area contributed by atoms with Gasteiger partial charge in [-0.1, -0.05) is 23.2 Å². The molecule has 0 radical (unpaired) electrons. The lowest BCUT2D eigenvalue weighted by molar-refractivity contribution is 0.309. The highest BCUT2D eigenvalue weighted by molar-refractivity contribution is 6.35. The van der Waals surface area contributed by atoms with Crippen LogP contribution in [0.4, 0.5) is 0 Å². The third-order valence-corrected chi connectivity index (χ3v) is 3.79. The number of aryl methyl sites for hydroxylation is 3. The molecule has 0 saturated heterocycles. The fourth-order valence-corrected chi connectivity index (χ4v) is 2.89. The van der Waals surface area contributed by atoms with Gasteiger partial charge in [-0.05, 0) is 56.9 Å². The zero-order valence-electron chi connectivity index (χ0n) is 11.9. The van der Waals surface area contributed by atoms with Gasteiger partial charge in [-0.25, -0.2) is 0 Å². The number of rotatable bonds is 5. The van der Waals surface area contributed by atoms with Gasteiger partial charge in [-0.2, -0.15) is 5.10 Å². The van der Waals surface area contributed by atoms with Crippen LogP contribution in [-0.4, -0.2) is 16.8 Å². The van der Waals surface area contributed by atoms with E-state index in [1.54, 1.807) is 6.07 Å². The number of aromatic nitrogens is 2. The maximum atomic E-state index is 6.14. The normalized spacial score (nSPS) is 10.8. The number of benzene rings is 1. The van der Waals surface area contributed by atoms with E-state index in [-0.39, 0.29) is 0 Å². The standard InChI is InChI=1S/C15H18Cl2N2O/c1-9-7-12(16)8-14(17)15(9)20-6-4-5-13-10(2)18-19-11(13)3/h7-8H,4-6H2,1-3H3,(H,18,19).